The Morgan fingerprint density at radius 1 is 0.812 bits per heavy atom. The SMILES string of the molecule is CC(C)(C)O.CC(C)(O)C(F)(F)F.CC(C)c1cccc(C(C)C)c1[N]=[Mo]=[CH]C(C)(C)C. The first-order valence-corrected chi connectivity index (χ1v) is 12.9. The zero-order chi connectivity index (χ0) is 26.1. The number of aliphatic hydroxyl groups is 2. The van der Waals surface area contributed by atoms with E-state index >= 15 is 0 Å². The molecule has 0 saturated carbocycles. The van der Waals surface area contributed by atoms with E-state index in [4.69, 9.17) is 13.7 Å². The van der Waals surface area contributed by atoms with Crippen LogP contribution in [-0.4, -0.2) is 32.0 Å². The van der Waals surface area contributed by atoms with E-state index in [1.165, 1.54) is 16.8 Å². The summed E-state index contributed by atoms with van der Waals surface area (Å²) in [6.45, 7) is 22.4. The van der Waals surface area contributed by atoms with E-state index in [2.05, 4.69) is 71.1 Å². The van der Waals surface area contributed by atoms with Gasteiger partial charge in [0.05, 0.1) is 5.60 Å². The molecule has 0 atom stereocenters. The second kappa shape index (κ2) is 13.2. The zero-order valence-electron chi connectivity index (χ0n) is 21.8. The van der Waals surface area contributed by atoms with E-state index < -0.39 is 35.3 Å². The quantitative estimate of drug-likeness (QED) is 0.383. The van der Waals surface area contributed by atoms with Crippen LogP contribution in [-0.2, 0) is 17.9 Å². The predicted octanol–water partition coefficient (Wildman–Crippen LogP) is 7.78. The number of hydrogen-bond acceptors (Lipinski definition) is 3. The van der Waals surface area contributed by atoms with Gasteiger partial charge in [-0.1, -0.05) is 0 Å². The molecule has 0 aromatic heterocycles. The van der Waals surface area contributed by atoms with E-state index in [0.29, 0.717) is 25.7 Å². The number of benzene rings is 1. The molecule has 0 unspecified atom stereocenters. The van der Waals surface area contributed by atoms with Crippen LogP contribution in [0.5, 0.6) is 0 Å². The number of rotatable bonds is 3. The Balaban J connectivity index is 0. The van der Waals surface area contributed by atoms with Crippen molar-refractivity contribution < 1.29 is 41.3 Å². The molecule has 0 spiro atoms. The van der Waals surface area contributed by atoms with Crippen LogP contribution in [0.25, 0.3) is 0 Å². The summed E-state index contributed by atoms with van der Waals surface area (Å²) < 4.78 is 41.4. The summed E-state index contributed by atoms with van der Waals surface area (Å²) in [5.41, 5.74) is 1.30. The third-order valence-corrected chi connectivity index (χ3v) is 6.29. The van der Waals surface area contributed by atoms with Crippen molar-refractivity contribution in [3.63, 3.8) is 0 Å². The number of nitrogens with zero attached hydrogens (tertiary/aromatic N) is 1. The molecule has 3 nitrogen and oxygen atoms in total. The predicted molar refractivity (Wildman–Crippen MR) is 127 cm³/mol. The monoisotopic (exact) mass is 545 g/mol. The van der Waals surface area contributed by atoms with Crippen molar-refractivity contribution in [3.8, 4) is 0 Å². The van der Waals surface area contributed by atoms with Crippen molar-refractivity contribution in [1.82, 2.24) is 0 Å². The molecule has 32 heavy (non-hydrogen) atoms. The van der Waals surface area contributed by atoms with Gasteiger partial charge in [-0.25, -0.2) is 0 Å². The van der Waals surface area contributed by atoms with Crippen molar-refractivity contribution in [2.45, 2.75) is 112 Å². The molecule has 0 amide bonds. The molecule has 0 aliphatic rings. The first-order valence-electron chi connectivity index (χ1n) is 10.8. The second-order valence-corrected chi connectivity index (χ2v) is 12.5. The first kappa shape index (κ1) is 33.5. The van der Waals surface area contributed by atoms with Crippen LogP contribution in [0.1, 0.15) is 106 Å². The fourth-order valence-corrected chi connectivity index (χ4v) is 3.54. The van der Waals surface area contributed by atoms with Crippen LogP contribution in [0.15, 0.2) is 21.7 Å². The molecule has 0 fully saturated rings. The normalized spacial score (nSPS) is 12.5. The van der Waals surface area contributed by atoms with Gasteiger partial charge >= 0.3 is 133 Å². The van der Waals surface area contributed by atoms with Gasteiger partial charge in [0.2, 0.25) is 0 Å². The Morgan fingerprint density at radius 2 is 1.12 bits per heavy atom. The molecule has 0 radical (unpaired) electrons. The molecular weight excluding hydrogens is 499 g/mol. The van der Waals surface area contributed by atoms with Crippen molar-refractivity contribution in [2.24, 2.45) is 8.91 Å². The van der Waals surface area contributed by atoms with E-state index in [0.717, 1.165) is 0 Å². The Bertz CT molecular complexity index is 700. The summed E-state index contributed by atoms with van der Waals surface area (Å²) in [6, 6.07) is 6.65. The summed E-state index contributed by atoms with van der Waals surface area (Å²) in [5, 5.41) is 16.8. The fraction of sp³-hybridized carbons (Fsp3) is 0.720. The van der Waals surface area contributed by atoms with Crippen LogP contribution >= 0.6 is 0 Å². The number of hydrogen-bond donors (Lipinski definition) is 2. The standard InChI is InChI=1S/C12H17N.C5H10.C4H7F3O.C4H10O.Mo/c1-8(2)10-6-5-7-11(9(3)4)12(10)13;1-5(2,3)4;1-3(2,8)4(5,6)7;1-4(2,3)5;/h5-9H,1-4H3;1H,2-4H3;8H,1-2H3;5H,1-3H3;. The topological polar surface area (TPSA) is 52.8 Å². The second-order valence-electron chi connectivity index (χ2n) is 11.0. The third kappa shape index (κ3) is 16.9. The average molecular weight is 544 g/mol. The molecule has 0 aliphatic heterocycles. The fourth-order valence-electron chi connectivity index (χ4n) is 1.85. The molecule has 0 bridgehead atoms. The van der Waals surface area contributed by atoms with Gasteiger partial charge in [0.25, 0.3) is 0 Å². The molecule has 1 aromatic carbocycles. The summed E-state index contributed by atoms with van der Waals surface area (Å²) in [4.78, 5) is 0. The molecule has 2 N–H and O–H groups in total. The van der Waals surface area contributed by atoms with Crippen LogP contribution in [0.3, 0.4) is 0 Å². The minimum absolute atomic E-state index is 0.288. The Kier molecular flexibility index (Phi) is 13.9. The van der Waals surface area contributed by atoms with Crippen LogP contribution < -0.4 is 0 Å². The average Bonchev–Trinajstić information content (AvgIpc) is 2.50. The molecule has 1 aromatic rings. The number of alkyl halides is 3. The van der Waals surface area contributed by atoms with Gasteiger partial charge in [0.15, 0.2) is 5.60 Å². The van der Waals surface area contributed by atoms with Gasteiger partial charge in [-0.05, 0) is 34.6 Å². The molecule has 188 valence electrons. The summed E-state index contributed by atoms with van der Waals surface area (Å²) in [7, 11) is 0. The van der Waals surface area contributed by atoms with Crippen LogP contribution in [0.4, 0.5) is 18.9 Å². The first-order chi connectivity index (χ1) is 14.0. The maximum absolute atomic E-state index is 11.3. The van der Waals surface area contributed by atoms with Gasteiger partial charge in [0, 0.05) is 0 Å². The molecule has 0 aliphatic carbocycles. The van der Waals surface area contributed by atoms with E-state index in [1.807, 2.05) is 0 Å². The molecule has 0 saturated heterocycles. The Labute approximate surface area is 201 Å². The van der Waals surface area contributed by atoms with Gasteiger partial charge in [-0.15, -0.1) is 0 Å². The van der Waals surface area contributed by atoms with Gasteiger partial charge in [-0.3, -0.25) is 0 Å². The van der Waals surface area contributed by atoms with Crippen LogP contribution in [0, 0.1) is 5.41 Å². The van der Waals surface area contributed by atoms with Crippen molar-refractivity contribution in [3.05, 3.63) is 29.3 Å². The number of halogens is 3. The van der Waals surface area contributed by atoms with E-state index in [1.54, 1.807) is 20.8 Å². The van der Waals surface area contributed by atoms with Crippen LogP contribution in [0.2, 0.25) is 0 Å². The zero-order valence-corrected chi connectivity index (χ0v) is 23.9. The molecule has 1 rings (SSSR count). The molecule has 0 heterocycles. The van der Waals surface area contributed by atoms with Crippen molar-refractivity contribution in [2.75, 3.05) is 0 Å². The molecule has 7 heteroatoms. The van der Waals surface area contributed by atoms with Crippen molar-refractivity contribution >= 4 is 10.1 Å². The van der Waals surface area contributed by atoms with Crippen molar-refractivity contribution in [1.29, 1.82) is 0 Å². The van der Waals surface area contributed by atoms with Gasteiger partial charge in [0.1, 0.15) is 0 Å². The Hall–Kier alpha value is -0.712. The summed E-state index contributed by atoms with van der Waals surface area (Å²) in [6.07, 6.45) is -4.51. The maximum atomic E-state index is 11.3. The summed E-state index contributed by atoms with van der Waals surface area (Å²) >= 11 is -0.415. The van der Waals surface area contributed by atoms with E-state index in [9.17, 15) is 13.2 Å². The third-order valence-electron chi connectivity index (χ3n) is 3.59. The van der Waals surface area contributed by atoms with E-state index in [-0.39, 0.29) is 5.41 Å². The van der Waals surface area contributed by atoms with Gasteiger partial charge < -0.3 is 10.2 Å². The van der Waals surface area contributed by atoms with Gasteiger partial charge in [-0.2, -0.15) is 13.2 Å². The minimum atomic E-state index is -4.51. The summed E-state index contributed by atoms with van der Waals surface area (Å²) in [5.74, 6) is 1.08. The Morgan fingerprint density at radius 3 is 1.34 bits per heavy atom. The molecular formula is C25H44F3MoNO2.